The van der Waals surface area contributed by atoms with E-state index in [9.17, 15) is 9.90 Å². The molecule has 5 nitrogen and oxygen atoms in total. The molecule has 104 valence electrons. The lowest BCUT2D eigenvalue weighted by Gasteiger charge is -2.26. The summed E-state index contributed by atoms with van der Waals surface area (Å²) in [6, 6.07) is 5.27. The number of phenolic OH excluding ortho intramolecular Hbond substituents is 1. The van der Waals surface area contributed by atoms with E-state index in [-0.39, 0.29) is 18.4 Å². The van der Waals surface area contributed by atoms with Crippen LogP contribution in [0.15, 0.2) is 18.2 Å². The highest BCUT2D eigenvalue weighted by atomic mass is 16.5. The zero-order valence-electron chi connectivity index (χ0n) is 11.2. The van der Waals surface area contributed by atoms with E-state index in [0.29, 0.717) is 13.2 Å². The van der Waals surface area contributed by atoms with Crippen molar-refractivity contribution in [1.29, 1.82) is 0 Å². The maximum atomic E-state index is 11.1. The molecule has 2 atom stereocenters. The Balaban J connectivity index is 2.10. The van der Waals surface area contributed by atoms with E-state index in [1.54, 1.807) is 6.07 Å². The van der Waals surface area contributed by atoms with Crippen molar-refractivity contribution >= 4 is 5.97 Å². The Hall–Kier alpha value is -1.59. The van der Waals surface area contributed by atoms with Crippen molar-refractivity contribution in [3.8, 4) is 5.75 Å². The number of ether oxygens (including phenoxy) is 1. The summed E-state index contributed by atoms with van der Waals surface area (Å²) in [6.45, 7) is 3.14. The number of benzene rings is 1. The van der Waals surface area contributed by atoms with Crippen molar-refractivity contribution < 1.29 is 19.7 Å². The molecule has 2 N–H and O–H groups in total. The molecule has 0 spiro atoms. The number of nitrogens with zero attached hydrogens (tertiary/aromatic N) is 1. The number of carbonyl (C=O) groups is 1. The zero-order chi connectivity index (χ0) is 14.0. The number of carboxylic acid groups (broad SMARTS) is 1. The third-order valence-corrected chi connectivity index (χ3v) is 3.59. The Labute approximate surface area is 112 Å². The summed E-state index contributed by atoms with van der Waals surface area (Å²) in [7, 11) is 1.86. The van der Waals surface area contributed by atoms with E-state index >= 15 is 0 Å². The smallest absolute Gasteiger partial charge is 0.310 e. The van der Waals surface area contributed by atoms with Gasteiger partial charge in [-0.3, -0.25) is 9.69 Å². The summed E-state index contributed by atoms with van der Waals surface area (Å²) in [5, 5.41) is 19.0. The molecule has 5 heteroatoms. The number of aryl methyl sites for hydroxylation is 1. The molecule has 19 heavy (non-hydrogen) atoms. The second-order valence-electron chi connectivity index (χ2n) is 5.10. The molecule has 1 aliphatic rings. The fourth-order valence-corrected chi connectivity index (χ4v) is 2.44. The SMILES string of the molecule is Cc1ccc(O)c(CN(C)C2COCC2C(=O)O)c1. The van der Waals surface area contributed by atoms with E-state index in [0.717, 1.165) is 11.1 Å². The van der Waals surface area contributed by atoms with Crippen molar-refractivity contribution in [1.82, 2.24) is 4.90 Å². The predicted molar refractivity (Wildman–Crippen MR) is 70.0 cm³/mol. The Bertz CT molecular complexity index is 475. The lowest BCUT2D eigenvalue weighted by atomic mass is 10.0. The molecular formula is C14H19NO4. The first-order valence-corrected chi connectivity index (χ1v) is 6.28. The van der Waals surface area contributed by atoms with Crippen LogP contribution in [0.4, 0.5) is 0 Å². The maximum absolute atomic E-state index is 11.1. The van der Waals surface area contributed by atoms with Crippen molar-refractivity contribution in [2.75, 3.05) is 20.3 Å². The van der Waals surface area contributed by atoms with Crippen LogP contribution in [0.1, 0.15) is 11.1 Å². The van der Waals surface area contributed by atoms with Gasteiger partial charge in [0, 0.05) is 18.2 Å². The number of phenols is 1. The molecule has 0 saturated carbocycles. The van der Waals surface area contributed by atoms with Crippen LogP contribution in [0.25, 0.3) is 0 Å². The summed E-state index contributed by atoms with van der Waals surface area (Å²) in [5.74, 6) is -1.09. The summed E-state index contributed by atoms with van der Waals surface area (Å²) >= 11 is 0. The van der Waals surface area contributed by atoms with Crippen molar-refractivity contribution in [2.45, 2.75) is 19.5 Å². The average Bonchev–Trinajstić information content (AvgIpc) is 2.83. The quantitative estimate of drug-likeness (QED) is 0.857. The van der Waals surface area contributed by atoms with E-state index in [4.69, 9.17) is 9.84 Å². The second kappa shape index (κ2) is 5.59. The molecule has 1 aliphatic heterocycles. The van der Waals surface area contributed by atoms with Gasteiger partial charge in [-0.1, -0.05) is 17.7 Å². The van der Waals surface area contributed by atoms with E-state index in [2.05, 4.69) is 0 Å². The lowest BCUT2D eigenvalue weighted by molar-refractivity contribution is -0.143. The van der Waals surface area contributed by atoms with E-state index < -0.39 is 11.9 Å². The Morgan fingerprint density at radius 3 is 2.89 bits per heavy atom. The Morgan fingerprint density at radius 2 is 2.21 bits per heavy atom. The Morgan fingerprint density at radius 1 is 1.47 bits per heavy atom. The number of carboxylic acids is 1. The number of hydrogen-bond donors (Lipinski definition) is 2. The molecule has 1 fully saturated rings. The Kier molecular flexibility index (Phi) is 4.07. The maximum Gasteiger partial charge on any atom is 0.310 e. The fraction of sp³-hybridized carbons (Fsp3) is 0.500. The minimum absolute atomic E-state index is 0.155. The van der Waals surface area contributed by atoms with Crippen LogP contribution in [-0.2, 0) is 16.1 Å². The van der Waals surface area contributed by atoms with Gasteiger partial charge >= 0.3 is 5.97 Å². The van der Waals surface area contributed by atoms with E-state index in [1.807, 2.05) is 31.0 Å². The van der Waals surface area contributed by atoms with Gasteiger partial charge in [0.25, 0.3) is 0 Å². The van der Waals surface area contributed by atoms with Crippen LogP contribution in [0.2, 0.25) is 0 Å². The number of rotatable bonds is 4. The van der Waals surface area contributed by atoms with E-state index in [1.165, 1.54) is 0 Å². The first-order valence-electron chi connectivity index (χ1n) is 6.28. The molecule has 1 aromatic carbocycles. The number of hydrogen-bond acceptors (Lipinski definition) is 4. The van der Waals surface area contributed by atoms with Crippen LogP contribution in [0.5, 0.6) is 5.75 Å². The van der Waals surface area contributed by atoms with Crippen molar-refractivity contribution in [3.63, 3.8) is 0 Å². The third kappa shape index (κ3) is 3.05. The molecule has 0 aromatic heterocycles. The molecule has 2 rings (SSSR count). The minimum Gasteiger partial charge on any atom is -0.508 e. The largest absolute Gasteiger partial charge is 0.508 e. The van der Waals surface area contributed by atoms with Gasteiger partial charge in [0.15, 0.2) is 0 Å². The van der Waals surface area contributed by atoms with Gasteiger partial charge in [-0.15, -0.1) is 0 Å². The highest BCUT2D eigenvalue weighted by Crippen LogP contribution is 2.24. The van der Waals surface area contributed by atoms with Crippen molar-refractivity contribution in [3.05, 3.63) is 29.3 Å². The summed E-state index contributed by atoms with van der Waals surface area (Å²) < 4.78 is 5.26. The molecular weight excluding hydrogens is 246 g/mol. The summed E-state index contributed by atoms with van der Waals surface area (Å²) in [5.41, 5.74) is 1.87. The topological polar surface area (TPSA) is 70.0 Å². The van der Waals surface area contributed by atoms with Gasteiger partial charge in [-0.2, -0.15) is 0 Å². The van der Waals surface area contributed by atoms with Gasteiger partial charge in [-0.25, -0.2) is 0 Å². The highest BCUT2D eigenvalue weighted by molar-refractivity contribution is 5.71. The molecule has 1 saturated heterocycles. The monoisotopic (exact) mass is 265 g/mol. The molecule has 1 heterocycles. The van der Waals surface area contributed by atoms with Gasteiger partial charge in [0.1, 0.15) is 5.75 Å². The molecule has 0 bridgehead atoms. The van der Waals surface area contributed by atoms with Crippen LogP contribution in [0.3, 0.4) is 0 Å². The predicted octanol–water partition coefficient (Wildman–Crippen LogP) is 1.23. The highest BCUT2D eigenvalue weighted by Gasteiger charge is 2.36. The van der Waals surface area contributed by atoms with Crippen LogP contribution < -0.4 is 0 Å². The van der Waals surface area contributed by atoms with Gasteiger partial charge in [0.05, 0.1) is 19.1 Å². The van der Waals surface area contributed by atoms with Crippen molar-refractivity contribution in [2.24, 2.45) is 5.92 Å². The van der Waals surface area contributed by atoms with Crippen LogP contribution in [-0.4, -0.2) is 47.4 Å². The standard InChI is InChI=1S/C14H19NO4/c1-9-3-4-13(16)10(5-9)6-15(2)12-8-19-7-11(12)14(17)18/h3-5,11-12,16H,6-8H2,1-2H3,(H,17,18). The lowest BCUT2D eigenvalue weighted by Crippen LogP contribution is -2.40. The first-order chi connectivity index (χ1) is 8.99. The molecule has 1 aromatic rings. The first kappa shape index (κ1) is 13.8. The summed E-state index contributed by atoms with van der Waals surface area (Å²) in [4.78, 5) is 13.1. The second-order valence-corrected chi connectivity index (χ2v) is 5.10. The van der Waals surface area contributed by atoms with Crippen LogP contribution >= 0.6 is 0 Å². The minimum atomic E-state index is -0.831. The normalized spacial score (nSPS) is 22.9. The van der Waals surface area contributed by atoms with Gasteiger partial charge in [0.2, 0.25) is 0 Å². The zero-order valence-corrected chi connectivity index (χ0v) is 11.2. The molecule has 0 amide bonds. The molecule has 0 aliphatic carbocycles. The van der Waals surface area contributed by atoms with Crippen LogP contribution in [0, 0.1) is 12.8 Å². The average molecular weight is 265 g/mol. The van der Waals surface area contributed by atoms with Gasteiger partial charge < -0.3 is 14.9 Å². The fourth-order valence-electron chi connectivity index (χ4n) is 2.44. The molecule has 2 unspecified atom stereocenters. The number of aromatic hydroxyl groups is 1. The number of aliphatic carboxylic acids is 1. The molecule has 0 radical (unpaired) electrons. The number of likely N-dealkylation sites (N-methyl/N-ethyl adjacent to an activating group) is 1. The summed E-state index contributed by atoms with van der Waals surface area (Å²) in [6.07, 6.45) is 0. The van der Waals surface area contributed by atoms with Gasteiger partial charge in [-0.05, 0) is 20.0 Å². The third-order valence-electron chi connectivity index (χ3n) is 3.59.